The summed E-state index contributed by atoms with van der Waals surface area (Å²) >= 11 is 6.36. The fraction of sp³-hybridized carbons (Fsp3) is 0.409. The number of benzene rings is 1. The molecule has 0 saturated carbocycles. The number of amides is 4. The van der Waals surface area contributed by atoms with Crippen LogP contribution in [0.1, 0.15) is 66.9 Å². The van der Waals surface area contributed by atoms with Gasteiger partial charge in [0.25, 0.3) is 11.8 Å². The number of hydrazine groups is 1. The van der Waals surface area contributed by atoms with E-state index < -0.39 is 18.0 Å². The Morgan fingerprint density at radius 1 is 1.00 bits per heavy atom. The Morgan fingerprint density at radius 3 is 2.18 bits per heavy atom. The van der Waals surface area contributed by atoms with Gasteiger partial charge in [0.2, 0.25) is 5.95 Å². The highest BCUT2D eigenvalue weighted by Crippen LogP contribution is 2.24. The number of carbonyl (C=O) groups is 3. The topological polar surface area (TPSA) is 128 Å². The predicted molar refractivity (Wildman–Crippen MR) is 127 cm³/mol. The molecule has 4 N–H and O–H groups in total. The second-order valence-corrected chi connectivity index (χ2v) is 7.99. The predicted octanol–water partition coefficient (Wildman–Crippen LogP) is 3.14. The number of aromatic nitrogens is 2. The first-order valence-corrected chi connectivity index (χ1v) is 11.1. The summed E-state index contributed by atoms with van der Waals surface area (Å²) in [4.78, 5) is 46.7. The van der Waals surface area contributed by atoms with Crippen LogP contribution in [-0.4, -0.2) is 51.8 Å². The fourth-order valence-electron chi connectivity index (χ4n) is 2.98. The minimum atomic E-state index is -0.630. The molecule has 178 valence electrons. The van der Waals surface area contributed by atoms with Gasteiger partial charge in [-0.15, -0.1) is 0 Å². The van der Waals surface area contributed by atoms with Crippen molar-refractivity contribution in [2.24, 2.45) is 0 Å². The number of urea groups is 1. The van der Waals surface area contributed by atoms with E-state index in [0.29, 0.717) is 35.2 Å². The molecule has 0 aliphatic carbocycles. The van der Waals surface area contributed by atoms with Crippen molar-refractivity contribution in [3.8, 4) is 0 Å². The van der Waals surface area contributed by atoms with Crippen LogP contribution in [-0.2, 0) is 0 Å². The molecule has 10 nitrogen and oxygen atoms in total. The summed E-state index contributed by atoms with van der Waals surface area (Å²) in [5.74, 6) is -0.263. The molecule has 11 heteroatoms. The second-order valence-electron chi connectivity index (χ2n) is 7.58. The largest absolute Gasteiger partial charge is 0.352 e. The molecular weight excluding hydrogens is 446 g/mol. The van der Waals surface area contributed by atoms with E-state index in [4.69, 9.17) is 11.6 Å². The van der Waals surface area contributed by atoms with Gasteiger partial charge in [-0.05, 0) is 52.3 Å². The maximum absolute atomic E-state index is 12.5. The van der Waals surface area contributed by atoms with Crippen molar-refractivity contribution >= 4 is 35.4 Å². The summed E-state index contributed by atoms with van der Waals surface area (Å²) in [6, 6.07) is 4.02. The average Bonchev–Trinajstić information content (AvgIpc) is 2.78. The van der Waals surface area contributed by atoms with Gasteiger partial charge in [0.15, 0.2) is 0 Å². The van der Waals surface area contributed by atoms with E-state index in [0.717, 1.165) is 0 Å². The lowest BCUT2D eigenvalue weighted by Gasteiger charge is -2.20. The standard InChI is InChI=1S/C22H30ClN7O3/c1-6-30(7-2)20(32)15-8-9-17(18(23)10-15)14(5)27-22(33)29-28-19(31)16-11-24-21(25-12-16)26-13(3)4/h8-14H,6-7H2,1-5H3,(H,28,31)(H,24,25,26)(H2,27,29,33)/t14-/m1/s1. The van der Waals surface area contributed by atoms with Gasteiger partial charge in [0.05, 0.1) is 11.6 Å². The quantitative estimate of drug-likeness (QED) is 0.434. The molecule has 0 bridgehead atoms. The summed E-state index contributed by atoms with van der Waals surface area (Å²) in [6.45, 7) is 10.7. The molecule has 0 unspecified atom stereocenters. The van der Waals surface area contributed by atoms with Crippen LogP contribution in [0.3, 0.4) is 0 Å². The van der Waals surface area contributed by atoms with E-state index in [1.54, 1.807) is 30.0 Å². The van der Waals surface area contributed by atoms with E-state index >= 15 is 0 Å². The lowest BCUT2D eigenvalue weighted by atomic mass is 10.1. The summed E-state index contributed by atoms with van der Waals surface area (Å²) in [5, 5.41) is 6.06. The minimum absolute atomic E-state index is 0.105. The Labute approximate surface area is 198 Å². The molecule has 4 amide bonds. The van der Waals surface area contributed by atoms with Gasteiger partial charge in [-0.3, -0.25) is 15.0 Å². The zero-order valence-corrected chi connectivity index (χ0v) is 20.2. The molecule has 0 saturated heterocycles. The van der Waals surface area contributed by atoms with Gasteiger partial charge >= 0.3 is 6.03 Å². The van der Waals surface area contributed by atoms with Crippen LogP contribution in [0.2, 0.25) is 5.02 Å². The second kappa shape index (κ2) is 12.0. The Kier molecular flexibility index (Phi) is 9.41. The van der Waals surface area contributed by atoms with Crippen LogP contribution in [0.25, 0.3) is 0 Å². The van der Waals surface area contributed by atoms with Crippen LogP contribution < -0.4 is 21.5 Å². The van der Waals surface area contributed by atoms with Crippen molar-refractivity contribution in [3.63, 3.8) is 0 Å². The molecule has 33 heavy (non-hydrogen) atoms. The number of carbonyl (C=O) groups excluding carboxylic acids is 3. The molecule has 0 aliphatic heterocycles. The molecule has 1 heterocycles. The van der Waals surface area contributed by atoms with E-state index in [1.165, 1.54) is 12.4 Å². The van der Waals surface area contributed by atoms with Crippen LogP contribution in [0.5, 0.6) is 0 Å². The zero-order chi connectivity index (χ0) is 24.5. The van der Waals surface area contributed by atoms with Gasteiger partial charge in [-0.2, -0.15) is 0 Å². The van der Waals surface area contributed by atoms with Crippen molar-refractivity contribution in [2.45, 2.75) is 46.7 Å². The molecule has 1 aromatic carbocycles. The van der Waals surface area contributed by atoms with Gasteiger partial charge in [-0.1, -0.05) is 17.7 Å². The van der Waals surface area contributed by atoms with E-state index in [-0.39, 0.29) is 17.5 Å². The lowest BCUT2D eigenvalue weighted by molar-refractivity contribution is 0.0772. The smallest absolute Gasteiger partial charge is 0.333 e. The third-order valence-corrected chi connectivity index (χ3v) is 5.06. The van der Waals surface area contributed by atoms with Crippen LogP contribution in [0, 0.1) is 0 Å². The summed E-state index contributed by atoms with van der Waals surface area (Å²) in [7, 11) is 0. The van der Waals surface area contributed by atoms with Crippen LogP contribution >= 0.6 is 11.6 Å². The molecule has 1 aromatic heterocycles. The van der Waals surface area contributed by atoms with E-state index in [1.807, 2.05) is 27.7 Å². The Morgan fingerprint density at radius 2 is 1.64 bits per heavy atom. The molecule has 1 atom stereocenters. The zero-order valence-electron chi connectivity index (χ0n) is 19.4. The number of hydrogen-bond acceptors (Lipinski definition) is 6. The number of hydrogen-bond donors (Lipinski definition) is 4. The lowest BCUT2D eigenvalue weighted by Crippen LogP contribution is -2.47. The summed E-state index contributed by atoms with van der Waals surface area (Å²) < 4.78 is 0. The maximum atomic E-state index is 12.5. The van der Waals surface area contributed by atoms with E-state index in [2.05, 4.69) is 31.5 Å². The first-order valence-electron chi connectivity index (χ1n) is 10.7. The van der Waals surface area contributed by atoms with Crippen molar-refractivity contribution in [3.05, 3.63) is 52.3 Å². The molecule has 0 aliphatic rings. The highest BCUT2D eigenvalue weighted by molar-refractivity contribution is 6.31. The number of halogens is 1. The molecule has 0 fully saturated rings. The third-order valence-electron chi connectivity index (χ3n) is 4.73. The molecule has 2 aromatic rings. The molecule has 0 spiro atoms. The number of nitrogens with zero attached hydrogens (tertiary/aromatic N) is 3. The maximum Gasteiger partial charge on any atom is 0.333 e. The Balaban J connectivity index is 1.92. The molecule has 2 rings (SSSR count). The van der Waals surface area contributed by atoms with Gasteiger partial charge in [0, 0.05) is 42.1 Å². The van der Waals surface area contributed by atoms with Crippen molar-refractivity contribution in [2.75, 3.05) is 18.4 Å². The number of rotatable bonds is 8. The summed E-state index contributed by atoms with van der Waals surface area (Å²) in [5.41, 5.74) is 5.88. The van der Waals surface area contributed by atoms with Crippen LogP contribution in [0.15, 0.2) is 30.6 Å². The fourth-order valence-corrected chi connectivity index (χ4v) is 3.32. The number of anilines is 1. The van der Waals surface area contributed by atoms with E-state index in [9.17, 15) is 14.4 Å². The highest BCUT2D eigenvalue weighted by Gasteiger charge is 2.18. The first kappa shape index (κ1) is 25.9. The Hall–Kier alpha value is -3.40. The number of nitrogens with one attached hydrogen (secondary N) is 4. The molecular formula is C22H30ClN7O3. The Bertz CT molecular complexity index is 978. The first-order chi connectivity index (χ1) is 15.7. The van der Waals surface area contributed by atoms with Crippen molar-refractivity contribution < 1.29 is 14.4 Å². The monoisotopic (exact) mass is 475 g/mol. The molecule has 0 radical (unpaired) electrons. The normalized spacial score (nSPS) is 11.5. The van der Waals surface area contributed by atoms with Gasteiger partial charge in [0.1, 0.15) is 0 Å². The highest BCUT2D eigenvalue weighted by atomic mass is 35.5. The summed E-state index contributed by atoms with van der Waals surface area (Å²) in [6.07, 6.45) is 2.71. The average molecular weight is 476 g/mol. The van der Waals surface area contributed by atoms with Crippen molar-refractivity contribution in [1.82, 2.24) is 31.0 Å². The van der Waals surface area contributed by atoms with Crippen LogP contribution in [0.4, 0.5) is 10.7 Å². The minimum Gasteiger partial charge on any atom is -0.352 e. The SMILES string of the molecule is CCN(CC)C(=O)c1ccc([C@@H](C)NC(=O)NNC(=O)c2cnc(NC(C)C)nc2)c(Cl)c1. The van der Waals surface area contributed by atoms with Crippen molar-refractivity contribution in [1.29, 1.82) is 0 Å². The third kappa shape index (κ3) is 7.31. The van der Waals surface area contributed by atoms with Gasteiger partial charge < -0.3 is 15.5 Å². The van der Waals surface area contributed by atoms with Gasteiger partial charge in [-0.25, -0.2) is 20.2 Å².